The van der Waals surface area contributed by atoms with Gasteiger partial charge in [0.1, 0.15) is 0 Å². The van der Waals surface area contributed by atoms with Crippen molar-refractivity contribution in [1.82, 2.24) is 4.98 Å². The van der Waals surface area contributed by atoms with Crippen molar-refractivity contribution in [3.63, 3.8) is 0 Å². The van der Waals surface area contributed by atoms with Crippen molar-refractivity contribution in [1.29, 1.82) is 0 Å². The van der Waals surface area contributed by atoms with E-state index in [4.69, 9.17) is 0 Å². The Morgan fingerprint density at radius 2 is 1.88 bits per heavy atom. The SMILES string of the molecule is Cc1ccc2nc(C)c(C(=O)Nc3cccc(C4SCCS4)c3)cc2c1. The molecule has 3 nitrogen and oxygen atoms in total. The van der Waals surface area contributed by atoms with Crippen molar-refractivity contribution in [3.8, 4) is 0 Å². The van der Waals surface area contributed by atoms with Crippen molar-refractivity contribution in [2.24, 2.45) is 0 Å². The molecule has 0 unspecified atom stereocenters. The normalized spacial score (nSPS) is 14.7. The van der Waals surface area contributed by atoms with Crippen LogP contribution in [0.3, 0.4) is 0 Å². The number of fused-ring (bicyclic) bond motifs is 1. The van der Waals surface area contributed by atoms with Gasteiger partial charge < -0.3 is 5.32 Å². The predicted octanol–water partition coefficient (Wildman–Crippen LogP) is 5.58. The summed E-state index contributed by atoms with van der Waals surface area (Å²) in [6, 6.07) is 16.2. The zero-order chi connectivity index (χ0) is 18.1. The minimum absolute atomic E-state index is 0.109. The summed E-state index contributed by atoms with van der Waals surface area (Å²) in [6.07, 6.45) is 0. The van der Waals surface area contributed by atoms with Gasteiger partial charge in [0.15, 0.2) is 0 Å². The molecule has 1 fully saturated rings. The van der Waals surface area contributed by atoms with E-state index in [9.17, 15) is 4.79 Å². The lowest BCUT2D eigenvalue weighted by atomic mass is 10.1. The first-order chi connectivity index (χ1) is 12.6. The van der Waals surface area contributed by atoms with Gasteiger partial charge in [-0.05, 0) is 49.7 Å². The Balaban J connectivity index is 1.61. The summed E-state index contributed by atoms with van der Waals surface area (Å²) in [5.74, 6) is 2.27. The lowest BCUT2D eigenvalue weighted by Crippen LogP contribution is -2.14. The molecule has 4 rings (SSSR count). The number of rotatable bonds is 3. The van der Waals surface area contributed by atoms with Gasteiger partial charge in [0.2, 0.25) is 0 Å². The molecule has 0 saturated carbocycles. The van der Waals surface area contributed by atoms with Gasteiger partial charge in [0.05, 0.1) is 21.4 Å². The molecule has 2 aromatic carbocycles. The molecule has 5 heteroatoms. The molecule has 3 aromatic rings. The van der Waals surface area contributed by atoms with Crippen LogP contribution in [0.15, 0.2) is 48.5 Å². The zero-order valence-electron chi connectivity index (χ0n) is 14.8. The van der Waals surface area contributed by atoms with Crippen LogP contribution >= 0.6 is 23.5 Å². The molecule has 26 heavy (non-hydrogen) atoms. The fourth-order valence-corrected chi connectivity index (χ4v) is 5.97. The van der Waals surface area contributed by atoms with Crippen molar-refractivity contribution in [2.45, 2.75) is 18.4 Å². The molecule has 0 aliphatic carbocycles. The maximum atomic E-state index is 12.8. The van der Waals surface area contributed by atoms with Gasteiger partial charge in [-0.15, -0.1) is 23.5 Å². The molecule has 1 aliphatic rings. The second-order valence-corrected chi connectivity index (χ2v) is 9.19. The zero-order valence-corrected chi connectivity index (χ0v) is 16.4. The van der Waals surface area contributed by atoms with E-state index in [-0.39, 0.29) is 5.91 Å². The van der Waals surface area contributed by atoms with Gasteiger partial charge in [-0.1, -0.05) is 23.8 Å². The predicted molar refractivity (Wildman–Crippen MR) is 113 cm³/mol. The van der Waals surface area contributed by atoms with E-state index in [1.54, 1.807) is 0 Å². The molecule has 132 valence electrons. The van der Waals surface area contributed by atoms with Crippen LogP contribution in [-0.4, -0.2) is 22.4 Å². The molecular weight excluding hydrogens is 360 g/mol. The molecule has 0 radical (unpaired) electrons. The summed E-state index contributed by atoms with van der Waals surface area (Å²) in [4.78, 5) is 17.4. The van der Waals surface area contributed by atoms with Crippen LogP contribution in [0.25, 0.3) is 10.9 Å². The average Bonchev–Trinajstić information content (AvgIpc) is 3.16. The molecule has 1 saturated heterocycles. The van der Waals surface area contributed by atoms with Crippen LogP contribution in [0, 0.1) is 13.8 Å². The second-order valence-electron chi connectivity index (χ2n) is 6.47. The number of aromatic nitrogens is 1. The smallest absolute Gasteiger partial charge is 0.257 e. The standard InChI is InChI=1S/C21H20N2OS2/c1-13-6-7-19-16(10-13)12-18(14(2)22-19)20(24)23-17-5-3-4-15(11-17)21-25-8-9-26-21/h3-7,10-12,21H,8-9H2,1-2H3,(H,23,24). The number of thioether (sulfide) groups is 2. The van der Waals surface area contributed by atoms with E-state index in [2.05, 4.69) is 28.5 Å². The monoisotopic (exact) mass is 380 g/mol. The highest BCUT2D eigenvalue weighted by Crippen LogP contribution is 2.45. The Morgan fingerprint density at radius 1 is 1.08 bits per heavy atom. The molecule has 1 aromatic heterocycles. The summed E-state index contributed by atoms with van der Waals surface area (Å²) in [5.41, 5.74) is 5.55. The first-order valence-corrected chi connectivity index (χ1v) is 10.7. The number of nitrogens with one attached hydrogen (secondary N) is 1. The van der Waals surface area contributed by atoms with Crippen LogP contribution in [0.1, 0.15) is 31.8 Å². The third-order valence-corrected chi connectivity index (χ3v) is 7.55. The third-order valence-electron chi connectivity index (χ3n) is 4.44. The fraction of sp³-hybridized carbons (Fsp3) is 0.238. The van der Waals surface area contributed by atoms with E-state index in [1.807, 2.05) is 67.7 Å². The maximum Gasteiger partial charge on any atom is 0.257 e. The highest BCUT2D eigenvalue weighted by molar-refractivity contribution is 8.19. The van der Waals surface area contributed by atoms with Crippen LogP contribution < -0.4 is 5.32 Å². The van der Waals surface area contributed by atoms with E-state index >= 15 is 0 Å². The van der Waals surface area contributed by atoms with Gasteiger partial charge >= 0.3 is 0 Å². The molecule has 1 amide bonds. The molecule has 0 spiro atoms. The number of carbonyl (C=O) groups excluding carboxylic acids is 1. The summed E-state index contributed by atoms with van der Waals surface area (Å²) in [5, 5.41) is 4.04. The summed E-state index contributed by atoms with van der Waals surface area (Å²) < 4.78 is 0.471. The second kappa shape index (κ2) is 7.33. The molecule has 0 atom stereocenters. The maximum absolute atomic E-state index is 12.8. The van der Waals surface area contributed by atoms with Crippen LogP contribution in [0.2, 0.25) is 0 Å². The number of amides is 1. The quantitative estimate of drug-likeness (QED) is 0.644. The largest absolute Gasteiger partial charge is 0.322 e. The summed E-state index contributed by atoms with van der Waals surface area (Å²) in [6.45, 7) is 3.93. The number of benzene rings is 2. The van der Waals surface area contributed by atoms with Crippen molar-refractivity contribution >= 4 is 46.0 Å². The van der Waals surface area contributed by atoms with Crippen molar-refractivity contribution in [3.05, 3.63) is 70.9 Å². The average molecular weight is 381 g/mol. The molecule has 1 N–H and O–H groups in total. The molecule has 0 bridgehead atoms. The van der Waals surface area contributed by atoms with Gasteiger partial charge in [0.25, 0.3) is 5.91 Å². The van der Waals surface area contributed by atoms with E-state index in [0.29, 0.717) is 10.1 Å². The Kier molecular flexibility index (Phi) is 4.92. The number of carbonyl (C=O) groups is 1. The number of nitrogens with zero attached hydrogens (tertiary/aromatic N) is 1. The Morgan fingerprint density at radius 3 is 2.69 bits per heavy atom. The number of anilines is 1. The lowest BCUT2D eigenvalue weighted by Gasteiger charge is -2.12. The third kappa shape index (κ3) is 3.60. The molecule has 2 heterocycles. The Labute approximate surface area is 162 Å². The van der Waals surface area contributed by atoms with Crippen LogP contribution in [0.4, 0.5) is 5.69 Å². The van der Waals surface area contributed by atoms with Gasteiger partial charge in [-0.2, -0.15) is 0 Å². The van der Waals surface area contributed by atoms with Crippen LogP contribution in [0.5, 0.6) is 0 Å². The van der Waals surface area contributed by atoms with Crippen LogP contribution in [-0.2, 0) is 0 Å². The Bertz CT molecular complexity index is 981. The van der Waals surface area contributed by atoms with Gasteiger partial charge in [-0.3, -0.25) is 9.78 Å². The van der Waals surface area contributed by atoms with E-state index in [1.165, 1.54) is 17.1 Å². The minimum Gasteiger partial charge on any atom is -0.322 e. The molecular formula is C21H20N2OS2. The van der Waals surface area contributed by atoms with E-state index < -0.39 is 0 Å². The number of pyridine rings is 1. The fourth-order valence-electron chi connectivity index (χ4n) is 3.13. The summed E-state index contributed by atoms with van der Waals surface area (Å²) in [7, 11) is 0. The van der Waals surface area contributed by atoms with Gasteiger partial charge in [-0.25, -0.2) is 0 Å². The topological polar surface area (TPSA) is 42.0 Å². The van der Waals surface area contributed by atoms with Gasteiger partial charge in [0, 0.05) is 22.6 Å². The minimum atomic E-state index is -0.109. The highest BCUT2D eigenvalue weighted by atomic mass is 32.2. The Hall–Kier alpha value is -1.98. The number of aryl methyl sites for hydroxylation is 2. The van der Waals surface area contributed by atoms with Crippen molar-refractivity contribution in [2.75, 3.05) is 16.8 Å². The highest BCUT2D eigenvalue weighted by Gasteiger charge is 2.19. The number of hydrogen-bond donors (Lipinski definition) is 1. The first kappa shape index (κ1) is 17.4. The first-order valence-electron chi connectivity index (χ1n) is 8.63. The number of hydrogen-bond acceptors (Lipinski definition) is 4. The van der Waals surface area contributed by atoms with E-state index in [0.717, 1.165) is 27.8 Å². The lowest BCUT2D eigenvalue weighted by molar-refractivity contribution is 0.102. The summed E-state index contributed by atoms with van der Waals surface area (Å²) >= 11 is 3.93. The van der Waals surface area contributed by atoms with Crippen molar-refractivity contribution < 1.29 is 4.79 Å². The molecule has 1 aliphatic heterocycles.